The van der Waals surface area contributed by atoms with Crippen LogP contribution in [0.5, 0.6) is 5.75 Å². The van der Waals surface area contributed by atoms with Crippen molar-refractivity contribution in [3.63, 3.8) is 0 Å². The van der Waals surface area contributed by atoms with E-state index in [4.69, 9.17) is 16.9 Å². The van der Waals surface area contributed by atoms with Gasteiger partial charge in [0.25, 0.3) is 5.91 Å². The Morgan fingerprint density at radius 1 is 1.53 bits per heavy atom. The molecule has 0 unspecified atom stereocenters. The minimum absolute atomic E-state index is 0.0971. The van der Waals surface area contributed by atoms with E-state index >= 15 is 0 Å². The summed E-state index contributed by atoms with van der Waals surface area (Å²) in [5, 5.41) is 18.8. The van der Waals surface area contributed by atoms with E-state index in [1.54, 1.807) is 4.90 Å². The molecule has 0 aliphatic rings. The fourth-order valence-electron chi connectivity index (χ4n) is 1.75. The quantitative estimate of drug-likeness (QED) is 0.901. The van der Waals surface area contributed by atoms with Crippen LogP contribution in [-0.4, -0.2) is 29.0 Å². The van der Waals surface area contributed by atoms with Gasteiger partial charge in [0.15, 0.2) is 0 Å². The number of nitrogens with zero attached hydrogens (tertiary/aromatic N) is 2. The first kappa shape index (κ1) is 15.3. The second kappa shape index (κ2) is 7.01. The molecule has 0 aliphatic carbocycles. The molecule has 0 aromatic heterocycles. The van der Waals surface area contributed by atoms with Crippen LogP contribution in [0.2, 0.25) is 5.02 Å². The molecule has 0 heterocycles. The van der Waals surface area contributed by atoms with E-state index in [-0.39, 0.29) is 29.6 Å². The number of aromatic hydroxyl groups is 1. The van der Waals surface area contributed by atoms with E-state index in [0.29, 0.717) is 18.1 Å². The summed E-state index contributed by atoms with van der Waals surface area (Å²) in [5.74, 6) is -0.118. The molecule has 4 nitrogen and oxygen atoms in total. The van der Waals surface area contributed by atoms with Gasteiger partial charge in [-0.05, 0) is 24.1 Å². The average Bonchev–Trinajstić information content (AvgIpc) is 2.36. The Labute approximate surface area is 118 Å². The van der Waals surface area contributed by atoms with Crippen LogP contribution in [0.3, 0.4) is 0 Å². The van der Waals surface area contributed by atoms with Gasteiger partial charge in [-0.25, -0.2) is 0 Å². The molecule has 1 aromatic rings. The lowest BCUT2D eigenvalue weighted by molar-refractivity contribution is 0.0737. The van der Waals surface area contributed by atoms with Crippen LogP contribution in [0, 0.1) is 17.2 Å². The topological polar surface area (TPSA) is 64.3 Å². The van der Waals surface area contributed by atoms with Crippen LogP contribution in [0.15, 0.2) is 18.2 Å². The standard InChI is InChI=1S/C14H17ClN2O2/c1-10(2)9-17(7-3-6-16)14(19)12-8-11(15)4-5-13(12)18/h4-5,8,10,18H,3,7,9H2,1-2H3. The first-order valence-electron chi connectivity index (χ1n) is 6.10. The summed E-state index contributed by atoms with van der Waals surface area (Å²) in [7, 11) is 0. The van der Waals surface area contributed by atoms with Gasteiger partial charge in [0.2, 0.25) is 0 Å². The Bertz CT molecular complexity index is 495. The van der Waals surface area contributed by atoms with Crippen molar-refractivity contribution in [3.05, 3.63) is 28.8 Å². The number of hydrogen-bond acceptors (Lipinski definition) is 3. The number of halogens is 1. The molecule has 1 N–H and O–H groups in total. The van der Waals surface area contributed by atoms with Gasteiger partial charge in [-0.3, -0.25) is 4.79 Å². The highest BCUT2D eigenvalue weighted by atomic mass is 35.5. The zero-order chi connectivity index (χ0) is 14.4. The molecule has 19 heavy (non-hydrogen) atoms. The second-order valence-electron chi connectivity index (χ2n) is 4.71. The lowest BCUT2D eigenvalue weighted by Gasteiger charge is -2.24. The highest BCUT2D eigenvalue weighted by Gasteiger charge is 2.19. The smallest absolute Gasteiger partial charge is 0.257 e. The van der Waals surface area contributed by atoms with Crippen molar-refractivity contribution < 1.29 is 9.90 Å². The minimum Gasteiger partial charge on any atom is -0.507 e. The SMILES string of the molecule is CC(C)CN(CCC#N)C(=O)c1cc(Cl)ccc1O. The first-order chi connectivity index (χ1) is 8.95. The van der Waals surface area contributed by atoms with Crippen LogP contribution in [0.1, 0.15) is 30.6 Å². The van der Waals surface area contributed by atoms with E-state index in [2.05, 4.69) is 0 Å². The number of nitriles is 1. The van der Waals surface area contributed by atoms with E-state index < -0.39 is 0 Å². The van der Waals surface area contributed by atoms with Crippen LogP contribution in [-0.2, 0) is 0 Å². The van der Waals surface area contributed by atoms with Crippen LogP contribution in [0.4, 0.5) is 0 Å². The third kappa shape index (κ3) is 4.46. The van der Waals surface area contributed by atoms with Crippen molar-refractivity contribution in [2.24, 2.45) is 5.92 Å². The van der Waals surface area contributed by atoms with Crippen molar-refractivity contribution in [1.29, 1.82) is 5.26 Å². The number of amides is 1. The zero-order valence-electron chi connectivity index (χ0n) is 11.1. The molecule has 0 fully saturated rings. The number of carbonyl (C=O) groups excluding carboxylic acids is 1. The van der Waals surface area contributed by atoms with Crippen molar-refractivity contribution in [1.82, 2.24) is 4.90 Å². The van der Waals surface area contributed by atoms with Gasteiger partial charge in [-0.1, -0.05) is 25.4 Å². The minimum atomic E-state index is -0.302. The molecule has 102 valence electrons. The number of phenols is 1. The summed E-state index contributed by atoms with van der Waals surface area (Å²) in [4.78, 5) is 13.9. The molecule has 1 aromatic carbocycles. The van der Waals surface area contributed by atoms with Gasteiger partial charge >= 0.3 is 0 Å². The van der Waals surface area contributed by atoms with E-state index in [9.17, 15) is 9.90 Å². The van der Waals surface area contributed by atoms with Crippen molar-refractivity contribution in [2.45, 2.75) is 20.3 Å². The van der Waals surface area contributed by atoms with E-state index in [1.807, 2.05) is 19.9 Å². The molecule has 0 radical (unpaired) electrons. The monoisotopic (exact) mass is 280 g/mol. The number of phenolic OH excluding ortho intramolecular Hbond substituents is 1. The number of carbonyl (C=O) groups is 1. The largest absolute Gasteiger partial charge is 0.507 e. The van der Waals surface area contributed by atoms with Crippen LogP contribution >= 0.6 is 11.6 Å². The lowest BCUT2D eigenvalue weighted by Crippen LogP contribution is -2.35. The van der Waals surface area contributed by atoms with Crippen LogP contribution < -0.4 is 0 Å². The highest BCUT2D eigenvalue weighted by Crippen LogP contribution is 2.23. The predicted octanol–water partition coefficient (Wildman–Crippen LogP) is 3.06. The van der Waals surface area contributed by atoms with Crippen molar-refractivity contribution in [2.75, 3.05) is 13.1 Å². The Balaban J connectivity index is 2.97. The summed E-state index contributed by atoms with van der Waals surface area (Å²) in [5.41, 5.74) is 0.172. The fraction of sp³-hybridized carbons (Fsp3) is 0.429. The molecule has 0 spiro atoms. The summed E-state index contributed by atoms with van der Waals surface area (Å²) in [6.07, 6.45) is 0.264. The molecule has 0 aliphatic heterocycles. The summed E-state index contributed by atoms with van der Waals surface area (Å²) in [6.45, 7) is 4.86. The highest BCUT2D eigenvalue weighted by molar-refractivity contribution is 6.31. The maximum atomic E-state index is 12.4. The third-order valence-corrected chi connectivity index (χ3v) is 2.79. The number of benzene rings is 1. The Kier molecular flexibility index (Phi) is 5.65. The van der Waals surface area contributed by atoms with Gasteiger partial charge in [-0.2, -0.15) is 5.26 Å². The van der Waals surface area contributed by atoms with Gasteiger partial charge < -0.3 is 10.0 Å². The van der Waals surface area contributed by atoms with E-state index in [0.717, 1.165) is 0 Å². The van der Waals surface area contributed by atoms with Gasteiger partial charge in [0.1, 0.15) is 5.75 Å². The van der Waals surface area contributed by atoms with E-state index in [1.165, 1.54) is 18.2 Å². The van der Waals surface area contributed by atoms with Crippen molar-refractivity contribution >= 4 is 17.5 Å². The normalized spacial score (nSPS) is 10.3. The molecule has 5 heteroatoms. The maximum Gasteiger partial charge on any atom is 0.257 e. The Morgan fingerprint density at radius 3 is 2.79 bits per heavy atom. The molecule has 0 saturated carbocycles. The lowest BCUT2D eigenvalue weighted by atomic mass is 10.1. The van der Waals surface area contributed by atoms with Gasteiger partial charge in [0, 0.05) is 18.1 Å². The number of rotatable bonds is 5. The molecular formula is C14H17ClN2O2. The summed E-state index contributed by atoms with van der Waals surface area (Å²) in [6, 6.07) is 6.38. The summed E-state index contributed by atoms with van der Waals surface area (Å²) >= 11 is 5.84. The molecular weight excluding hydrogens is 264 g/mol. The molecule has 0 bridgehead atoms. The predicted molar refractivity (Wildman–Crippen MR) is 74.1 cm³/mol. The van der Waals surface area contributed by atoms with Gasteiger partial charge in [-0.15, -0.1) is 0 Å². The molecule has 1 amide bonds. The molecule has 0 atom stereocenters. The Morgan fingerprint density at radius 2 is 2.21 bits per heavy atom. The average molecular weight is 281 g/mol. The zero-order valence-corrected chi connectivity index (χ0v) is 11.8. The second-order valence-corrected chi connectivity index (χ2v) is 5.15. The van der Waals surface area contributed by atoms with Crippen molar-refractivity contribution in [3.8, 4) is 11.8 Å². The Hall–Kier alpha value is -1.73. The molecule has 1 rings (SSSR count). The number of hydrogen-bond donors (Lipinski definition) is 1. The fourth-order valence-corrected chi connectivity index (χ4v) is 1.92. The van der Waals surface area contributed by atoms with Gasteiger partial charge in [0.05, 0.1) is 18.1 Å². The molecule has 0 saturated heterocycles. The first-order valence-corrected chi connectivity index (χ1v) is 6.48. The maximum absolute atomic E-state index is 12.4. The van der Waals surface area contributed by atoms with Crippen LogP contribution in [0.25, 0.3) is 0 Å². The summed E-state index contributed by atoms with van der Waals surface area (Å²) < 4.78 is 0. The third-order valence-electron chi connectivity index (χ3n) is 2.56.